The van der Waals surface area contributed by atoms with Crippen molar-refractivity contribution < 1.29 is 14.5 Å². The maximum atomic E-state index is 14.0. The van der Waals surface area contributed by atoms with Gasteiger partial charge in [0.15, 0.2) is 9.45 Å². The summed E-state index contributed by atoms with van der Waals surface area (Å²) < 4.78 is 0.570. The number of benzene rings is 3. The molecule has 5 rings (SSSR count). The van der Waals surface area contributed by atoms with E-state index < -0.39 is 16.7 Å². The van der Waals surface area contributed by atoms with Crippen LogP contribution in [0.15, 0.2) is 69.4 Å². The molecule has 0 unspecified atom stereocenters. The van der Waals surface area contributed by atoms with Crippen molar-refractivity contribution in [3.8, 4) is 0 Å². The summed E-state index contributed by atoms with van der Waals surface area (Å²) in [7, 11) is 0. The van der Waals surface area contributed by atoms with Crippen LogP contribution in [0.2, 0.25) is 0 Å². The first-order chi connectivity index (χ1) is 19.9. The Bertz CT molecular complexity index is 1720. The van der Waals surface area contributed by atoms with Crippen LogP contribution >= 0.6 is 35.3 Å². The Hall–Kier alpha value is -4.26. The number of aromatic nitrogens is 2. The number of nitro benzene ring substituents is 1. The molecule has 0 aliphatic carbocycles. The molecule has 1 fully saturated rings. The third kappa shape index (κ3) is 5.87. The van der Waals surface area contributed by atoms with Gasteiger partial charge in [-0.2, -0.15) is 0 Å². The van der Waals surface area contributed by atoms with Crippen LogP contribution in [0, 0.1) is 44.7 Å². The Morgan fingerprint density at radius 3 is 1.81 bits per heavy atom. The molecule has 12 heteroatoms. The predicted molar refractivity (Wildman–Crippen MR) is 169 cm³/mol. The van der Waals surface area contributed by atoms with Crippen LogP contribution in [0.25, 0.3) is 6.08 Å². The Labute approximate surface area is 256 Å². The molecule has 2 amide bonds. The molecule has 2 heterocycles. The molecule has 1 aromatic heterocycles. The first kappa shape index (κ1) is 29.2. The molecular formula is C30H25N5O4S3. The van der Waals surface area contributed by atoms with Crippen LogP contribution in [0.5, 0.6) is 0 Å². The zero-order valence-electron chi connectivity index (χ0n) is 23.4. The van der Waals surface area contributed by atoms with Crippen LogP contribution in [-0.4, -0.2) is 32.0 Å². The molecule has 0 N–H and O–H groups in total. The van der Waals surface area contributed by atoms with Crippen molar-refractivity contribution in [3.05, 3.63) is 103 Å². The van der Waals surface area contributed by atoms with Crippen molar-refractivity contribution in [2.45, 2.75) is 43.9 Å². The van der Waals surface area contributed by atoms with Gasteiger partial charge in [-0.25, -0.2) is 0 Å². The molecule has 212 valence electrons. The Morgan fingerprint density at radius 2 is 1.36 bits per heavy atom. The van der Waals surface area contributed by atoms with E-state index >= 15 is 0 Å². The number of anilines is 2. The maximum absolute atomic E-state index is 14.0. The van der Waals surface area contributed by atoms with E-state index in [4.69, 9.17) is 12.2 Å². The third-order valence-corrected chi connectivity index (χ3v) is 8.69. The van der Waals surface area contributed by atoms with Crippen LogP contribution in [-0.2, 0) is 9.59 Å². The summed E-state index contributed by atoms with van der Waals surface area (Å²) in [6.45, 7) is 9.47. The second-order valence-corrected chi connectivity index (χ2v) is 12.8. The molecule has 1 saturated heterocycles. The van der Waals surface area contributed by atoms with Crippen LogP contribution < -0.4 is 9.80 Å². The molecule has 3 aromatic carbocycles. The van der Waals surface area contributed by atoms with E-state index in [1.165, 1.54) is 33.3 Å². The first-order valence-corrected chi connectivity index (χ1v) is 14.8. The molecule has 0 spiro atoms. The number of carbonyl (C=O) groups is 2. The Balaban J connectivity index is 1.64. The van der Waals surface area contributed by atoms with Crippen molar-refractivity contribution in [1.29, 1.82) is 0 Å². The number of hydrogen-bond acceptors (Lipinski definition) is 9. The van der Waals surface area contributed by atoms with Gasteiger partial charge in [0.1, 0.15) is 10.6 Å². The molecule has 1 aliphatic heterocycles. The summed E-state index contributed by atoms with van der Waals surface area (Å²) >= 11 is 8.24. The monoisotopic (exact) mass is 615 g/mol. The van der Waals surface area contributed by atoms with Crippen molar-refractivity contribution in [2.24, 2.45) is 0 Å². The lowest BCUT2D eigenvalue weighted by Gasteiger charge is -2.37. The topological polar surface area (TPSA) is 110 Å². The highest BCUT2D eigenvalue weighted by Crippen LogP contribution is 2.38. The van der Waals surface area contributed by atoms with Crippen molar-refractivity contribution >= 4 is 75.4 Å². The Kier molecular flexibility index (Phi) is 8.04. The number of aryl methyl sites for hydroxylation is 5. The number of nitro groups is 1. The van der Waals surface area contributed by atoms with Gasteiger partial charge in [-0.3, -0.25) is 29.5 Å². The number of carbonyl (C=O) groups excluding carboxylic acids is 2. The average Bonchev–Trinajstić information content (AvgIpc) is 3.30. The van der Waals surface area contributed by atoms with E-state index in [9.17, 15) is 19.7 Å². The summed E-state index contributed by atoms with van der Waals surface area (Å²) in [5.41, 5.74) is 4.74. The lowest BCUT2D eigenvalue weighted by Crippen LogP contribution is -2.57. The number of hydrogen-bond donors (Lipinski definition) is 0. The van der Waals surface area contributed by atoms with Crippen LogP contribution in [0.3, 0.4) is 0 Å². The SMILES string of the molecule is Cc1cc(C)cc(N2C(=O)C(=Cc3ccc(Sc4nnc(C)s4)c([N+](=O)[O-])c3)C(=O)N(c3cc(C)cc(C)c3)C2=S)c1. The fraction of sp³-hybridized carbons (Fsp3) is 0.167. The van der Waals surface area contributed by atoms with E-state index in [0.29, 0.717) is 26.2 Å². The zero-order chi connectivity index (χ0) is 30.3. The number of amides is 2. The zero-order valence-corrected chi connectivity index (χ0v) is 25.8. The van der Waals surface area contributed by atoms with Gasteiger partial charge in [0.05, 0.1) is 21.2 Å². The highest BCUT2D eigenvalue weighted by atomic mass is 32.2. The average molecular weight is 616 g/mol. The van der Waals surface area contributed by atoms with Crippen molar-refractivity contribution in [3.63, 3.8) is 0 Å². The largest absolute Gasteiger partial charge is 0.283 e. The molecule has 9 nitrogen and oxygen atoms in total. The lowest BCUT2D eigenvalue weighted by molar-refractivity contribution is -0.387. The molecule has 0 bridgehead atoms. The second-order valence-electron chi connectivity index (χ2n) is 9.99. The third-order valence-electron chi connectivity index (χ3n) is 6.37. The first-order valence-electron chi connectivity index (χ1n) is 12.8. The quantitative estimate of drug-likeness (QED) is 0.0759. The van der Waals surface area contributed by atoms with E-state index in [0.717, 1.165) is 39.0 Å². The molecule has 4 aromatic rings. The van der Waals surface area contributed by atoms with Gasteiger partial charge in [-0.1, -0.05) is 41.3 Å². The summed E-state index contributed by atoms with van der Waals surface area (Å²) in [5.74, 6) is -1.22. The summed E-state index contributed by atoms with van der Waals surface area (Å²) in [4.78, 5) is 42.5. The van der Waals surface area contributed by atoms with Gasteiger partial charge in [0.2, 0.25) is 0 Å². The van der Waals surface area contributed by atoms with Gasteiger partial charge in [-0.15, -0.1) is 10.2 Å². The van der Waals surface area contributed by atoms with Gasteiger partial charge >= 0.3 is 0 Å². The molecule has 0 radical (unpaired) electrons. The maximum Gasteiger partial charge on any atom is 0.283 e. The fourth-order valence-corrected chi connectivity index (χ4v) is 7.01. The normalized spacial score (nSPS) is 13.6. The molecule has 1 aliphatic rings. The fourth-order valence-electron chi connectivity index (χ4n) is 4.78. The van der Waals surface area contributed by atoms with E-state index in [1.54, 1.807) is 19.1 Å². The minimum absolute atomic E-state index is 0.0298. The minimum atomic E-state index is -0.610. The van der Waals surface area contributed by atoms with Crippen LogP contribution in [0.4, 0.5) is 17.1 Å². The van der Waals surface area contributed by atoms with E-state index in [-0.39, 0.29) is 16.4 Å². The van der Waals surface area contributed by atoms with Crippen molar-refractivity contribution in [1.82, 2.24) is 10.2 Å². The van der Waals surface area contributed by atoms with Crippen molar-refractivity contribution in [2.75, 3.05) is 9.80 Å². The van der Waals surface area contributed by atoms with Crippen LogP contribution in [0.1, 0.15) is 32.8 Å². The summed E-state index contributed by atoms with van der Waals surface area (Å²) in [5, 5.41) is 20.8. The smallest absolute Gasteiger partial charge is 0.268 e. The van der Waals surface area contributed by atoms with Gasteiger partial charge in [0, 0.05) is 6.07 Å². The highest BCUT2D eigenvalue weighted by molar-refractivity contribution is 8.01. The number of rotatable bonds is 6. The summed E-state index contributed by atoms with van der Waals surface area (Å²) in [6.07, 6.45) is 1.38. The summed E-state index contributed by atoms with van der Waals surface area (Å²) in [6, 6.07) is 15.8. The predicted octanol–water partition coefficient (Wildman–Crippen LogP) is 6.89. The Morgan fingerprint density at radius 1 is 0.833 bits per heavy atom. The van der Waals surface area contributed by atoms with E-state index in [2.05, 4.69) is 10.2 Å². The molecule has 42 heavy (non-hydrogen) atoms. The standard InChI is InChI=1S/C30H25N5O4S3/c1-16-8-17(2)11-22(10-16)33-27(36)24(28(37)34(30(33)40)23-12-18(3)9-19(4)13-23)14-21-6-7-26(25(15-21)35(38)39)42-29-32-31-20(5)41-29/h6-15H,1-5H3. The lowest BCUT2D eigenvalue weighted by atomic mass is 10.0. The molecule has 0 atom stereocenters. The van der Waals surface area contributed by atoms with Gasteiger partial charge in [-0.05, 0) is 111 Å². The highest BCUT2D eigenvalue weighted by Gasteiger charge is 2.41. The van der Waals surface area contributed by atoms with Gasteiger partial charge < -0.3 is 0 Å². The second kappa shape index (κ2) is 11.6. The number of thiocarbonyl (C=S) groups is 1. The number of nitrogens with zero attached hydrogens (tertiary/aromatic N) is 5. The van der Waals surface area contributed by atoms with Gasteiger partial charge in [0.25, 0.3) is 17.5 Å². The van der Waals surface area contributed by atoms with E-state index in [1.807, 2.05) is 64.1 Å². The minimum Gasteiger partial charge on any atom is -0.268 e. The molecule has 0 saturated carbocycles. The molecular weight excluding hydrogens is 591 g/mol.